The maximum atomic E-state index is 5.65. The van der Waals surface area contributed by atoms with Gasteiger partial charge < -0.3 is 19.7 Å². The summed E-state index contributed by atoms with van der Waals surface area (Å²) < 4.78 is 11.0. The number of rotatable bonds is 7. The van der Waals surface area contributed by atoms with E-state index in [0.29, 0.717) is 12.0 Å². The van der Waals surface area contributed by atoms with Crippen molar-refractivity contribution in [2.24, 2.45) is 10.4 Å². The Morgan fingerprint density at radius 2 is 2.08 bits per heavy atom. The van der Waals surface area contributed by atoms with E-state index in [1.54, 1.807) is 7.11 Å². The Balaban J connectivity index is 0.00000338. The van der Waals surface area contributed by atoms with Crippen LogP contribution < -0.4 is 14.8 Å². The molecule has 1 saturated heterocycles. The van der Waals surface area contributed by atoms with Gasteiger partial charge in [0.2, 0.25) is 0 Å². The summed E-state index contributed by atoms with van der Waals surface area (Å²) in [4.78, 5) is 6.80. The van der Waals surface area contributed by atoms with Gasteiger partial charge in [-0.25, -0.2) is 0 Å². The fraction of sp³-hybridized carbons (Fsp3) is 0.650. The van der Waals surface area contributed by atoms with Gasteiger partial charge in [-0.05, 0) is 49.3 Å². The molecule has 0 saturated carbocycles. The van der Waals surface area contributed by atoms with E-state index in [2.05, 4.69) is 41.2 Å². The number of likely N-dealkylation sites (tertiary alicyclic amines) is 1. The number of halogens is 1. The Morgan fingerprint density at radius 1 is 1.31 bits per heavy atom. The summed E-state index contributed by atoms with van der Waals surface area (Å²) in [5.74, 6) is 2.64. The zero-order valence-corrected chi connectivity index (χ0v) is 19.1. The lowest BCUT2D eigenvalue weighted by Gasteiger charge is -2.23. The van der Waals surface area contributed by atoms with E-state index in [0.717, 1.165) is 49.9 Å². The first-order valence-corrected chi connectivity index (χ1v) is 9.24. The molecule has 26 heavy (non-hydrogen) atoms. The number of guanidine groups is 1. The monoisotopic (exact) mass is 475 g/mol. The normalized spacial score (nSPS) is 16.2. The number of benzene rings is 1. The summed E-state index contributed by atoms with van der Waals surface area (Å²) in [5.41, 5.74) is 1.65. The van der Waals surface area contributed by atoms with Crippen molar-refractivity contribution in [3.63, 3.8) is 0 Å². The van der Waals surface area contributed by atoms with Crippen molar-refractivity contribution in [2.75, 3.05) is 40.4 Å². The van der Waals surface area contributed by atoms with Gasteiger partial charge in [0.15, 0.2) is 17.5 Å². The predicted octanol–water partition coefficient (Wildman–Crippen LogP) is 3.95. The molecule has 0 spiro atoms. The predicted molar refractivity (Wildman–Crippen MR) is 119 cm³/mol. The van der Waals surface area contributed by atoms with E-state index < -0.39 is 0 Å². The molecule has 0 aromatic heterocycles. The van der Waals surface area contributed by atoms with Gasteiger partial charge in [0.1, 0.15) is 0 Å². The van der Waals surface area contributed by atoms with E-state index in [1.807, 2.05) is 20.0 Å². The Kier molecular flexibility index (Phi) is 9.54. The van der Waals surface area contributed by atoms with Crippen molar-refractivity contribution in [3.8, 4) is 11.5 Å². The minimum Gasteiger partial charge on any atom is -0.493 e. The van der Waals surface area contributed by atoms with Crippen molar-refractivity contribution in [2.45, 2.75) is 40.0 Å². The van der Waals surface area contributed by atoms with Crippen LogP contribution in [0, 0.1) is 5.41 Å². The molecular formula is C20H34IN3O2. The van der Waals surface area contributed by atoms with Gasteiger partial charge >= 0.3 is 0 Å². The molecular weight excluding hydrogens is 441 g/mol. The lowest BCUT2D eigenvalue weighted by Crippen LogP contribution is -2.41. The van der Waals surface area contributed by atoms with Gasteiger partial charge in [0.25, 0.3) is 0 Å². The molecule has 1 aromatic rings. The van der Waals surface area contributed by atoms with Crippen LogP contribution in [0.25, 0.3) is 0 Å². The van der Waals surface area contributed by atoms with Crippen molar-refractivity contribution < 1.29 is 9.47 Å². The number of nitrogens with zero attached hydrogens (tertiary/aromatic N) is 2. The number of nitrogens with one attached hydrogen (secondary N) is 1. The third kappa shape index (κ3) is 6.52. The van der Waals surface area contributed by atoms with E-state index in [9.17, 15) is 0 Å². The molecule has 0 unspecified atom stereocenters. The fourth-order valence-electron chi connectivity index (χ4n) is 3.26. The molecule has 5 nitrogen and oxygen atoms in total. The highest BCUT2D eigenvalue weighted by atomic mass is 127. The molecule has 1 fully saturated rings. The molecule has 0 amide bonds. The van der Waals surface area contributed by atoms with Crippen molar-refractivity contribution in [3.05, 3.63) is 23.8 Å². The summed E-state index contributed by atoms with van der Waals surface area (Å²) in [6.45, 7) is 10.3. The van der Waals surface area contributed by atoms with Gasteiger partial charge in [0, 0.05) is 26.7 Å². The summed E-state index contributed by atoms with van der Waals surface area (Å²) in [7, 11) is 3.54. The highest BCUT2D eigenvalue weighted by Gasteiger charge is 2.30. The molecule has 0 aliphatic carbocycles. The summed E-state index contributed by atoms with van der Waals surface area (Å²) in [5, 5.41) is 3.50. The second kappa shape index (κ2) is 10.8. The van der Waals surface area contributed by atoms with Crippen molar-refractivity contribution >= 4 is 29.9 Å². The molecule has 6 heteroatoms. The van der Waals surface area contributed by atoms with Gasteiger partial charge in [-0.2, -0.15) is 0 Å². The minimum atomic E-state index is 0. The SMILES string of the molecule is CCOc1cc(CCCNC(=NC)N2CCC(C)(C)C2)ccc1OC.I. The smallest absolute Gasteiger partial charge is 0.193 e. The number of ether oxygens (including phenoxy) is 2. The Bertz CT molecular complexity index is 590. The quantitative estimate of drug-likeness (QED) is 0.281. The van der Waals surface area contributed by atoms with Gasteiger partial charge in [0.05, 0.1) is 13.7 Å². The maximum Gasteiger partial charge on any atom is 0.193 e. The van der Waals surface area contributed by atoms with E-state index in [4.69, 9.17) is 9.47 Å². The highest BCUT2D eigenvalue weighted by Crippen LogP contribution is 2.29. The number of hydrogen-bond donors (Lipinski definition) is 1. The van der Waals surface area contributed by atoms with Crippen LogP contribution in [0.3, 0.4) is 0 Å². The van der Waals surface area contributed by atoms with Crippen LogP contribution in [0.2, 0.25) is 0 Å². The van der Waals surface area contributed by atoms with E-state index >= 15 is 0 Å². The van der Waals surface area contributed by atoms with Crippen LogP contribution in [0.1, 0.15) is 39.2 Å². The maximum absolute atomic E-state index is 5.65. The molecule has 2 rings (SSSR count). The van der Waals surface area contributed by atoms with Crippen molar-refractivity contribution in [1.29, 1.82) is 0 Å². The first-order valence-electron chi connectivity index (χ1n) is 9.24. The molecule has 1 aliphatic heterocycles. The van der Waals surface area contributed by atoms with Crippen LogP contribution in [0.5, 0.6) is 11.5 Å². The highest BCUT2D eigenvalue weighted by molar-refractivity contribution is 14.0. The molecule has 0 bridgehead atoms. The van der Waals surface area contributed by atoms with Crippen LogP contribution in [-0.2, 0) is 6.42 Å². The number of aliphatic imine (C=N–C) groups is 1. The molecule has 1 aliphatic rings. The second-order valence-corrected chi connectivity index (χ2v) is 7.33. The van der Waals surface area contributed by atoms with Crippen molar-refractivity contribution in [1.82, 2.24) is 10.2 Å². The second-order valence-electron chi connectivity index (χ2n) is 7.33. The van der Waals surface area contributed by atoms with Gasteiger partial charge in [-0.3, -0.25) is 4.99 Å². The largest absolute Gasteiger partial charge is 0.493 e. The minimum absolute atomic E-state index is 0. The molecule has 1 heterocycles. The van der Waals surface area contributed by atoms with Crippen LogP contribution in [-0.4, -0.2) is 51.3 Å². The number of hydrogen-bond acceptors (Lipinski definition) is 3. The van der Waals surface area contributed by atoms with Crippen LogP contribution in [0.15, 0.2) is 23.2 Å². The first-order chi connectivity index (χ1) is 12.0. The van der Waals surface area contributed by atoms with E-state index in [-0.39, 0.29) is 24.0 Å². The molecule has 0 radical (unpaired) electrons. The van der Waals surface area contributed by atoms with Crippen LogP contribution in [0.4, 0.5) is 0 Å². The van der Waals surface area contributed by atoms with Gasteiger partial charge in [-0.1, -0.05) is 19.9 Å². The molecule has 148 valence electrons. The van der Waals surface area contributed by atoms with E-state index in [1.165, 1.54) is 12.0 Å². The third-order valence-electron chi connectivity index (χ3n) is 4.64. The molecule has 1 aromatic carbocycles. The standard InChI is InChI=1S/C20H33N3O2.HI/c1-6-25-18-14-16(9-10-17(18)24-5)8-7-12-22-19(21-4)23-13-11-20(2,3)15-23;/h9-10,14H,6-8,11-13,15H2,1-5H3,(H,21,22);1H. The zero-order chi connectivity index (χ0) is 18.3. The zero-order valence-electron chi connectivity index (χ0n) is 16.8. The molecule has 0 atom stereocenters. The fourth-order valence-corrected chi connectivity index (χ4v) is 3.26. The average Bonchev–Trinajstić information content (AvgIpc) is 2.95. The average molecular weight is 475 g/mol. The van der Waals surface area contributed by atoms with Gasteiger partial charge in [-0.15, -0.1) is 24.0 Å². The summed E-state index contributed by atoms with van der Waals surface area (Å²) >= 11 is 0. The number of methoxy groups -OCH3 is 1. The van der Waals surface area contributed by atoms with Crippen LogP contribution >= 0.6 is 24.0 Å². The Morgan fingerprint density at radius 3 is 2.65 bits per heavy atom. The summed E-state index contributed by atoms with van der Waals surface area (Å²) in [6.07, 6.45) is 3.27. The topological polar surface area (TPSA) is 46.1 Å². The number of aryl methyl sites for hydroxylation is 1. The first kappa shape index (κ1) is 22.9. The third-order valence-corrected chi connectivity index (χ3v) is 4.64. The Hall–Kier alpha value is -1.18. The Labute approximate surface area is 175 Å². The molecule has 1 N–H and O–H groups in total. The summed E-state index contributed by atoms with van der Waals surface area (Å²) in [6, 6.07) is 6.18. The lowest BCUT2D eigenvalue weighted by molar-refractivity contribution is 0.310. The lowest BCUT2D eigenvalue weighted by atomic mass is 9.93.